The van der Waals surface area contributed by atoms with E-state index in [1.165, 1.54) is 7.11 Å². The van der Waals surface area contributed by atoms with Gasteiger partial charge in [-0.1, -0.05) is 20.8 Å². The van der Waals surface area contributed by atoms with Gasteiger partial charge in [0.2, 0.25) is 0 Å². The SMILES string of the molecule is COC(CN)C(=O)NC(C)C(C)(C)C. The molecule has 4 nitrogen and oxygen atoms in total. The number of nitrogens with two attached hydrogens (primary N) is 1. The molecule has 4 heteroatoms. The summed E-state index contributed by atoms with van der Waals surface area (Å²) in [5.74, 6) is -0.141. The number of amides is 1. The smallest absolute Gasteiger partial charge is 0.250 e. The van der Waals surface area contributed by atoms with Crippen LogP contribution in [0.1, 0.15) is 27.7 Å². The highest BCUT2D eigenvalue weighted by Crippen LogP contribution is 2.18. The normalized spacial score (nSPS) is 16.1. The summed E-state index contributed by atoms with van der Waals surface area (Å²) in [4.78, 5) is 11.5. The number of hydrogen-bond donors (Lipinski definition) is 2. The first-order valence-electron chi connectivity index (χ1n) is 4.86. The number of nitrogens with one attached hydrogen (secondary N) is 1. The lowest BCUT2D eigenvalue weighted by atomic mass is 9.88. The first-order valence-corrected chi connectivity index (χ1v) is 4.86. The maximum atomic E-state index is 11.5. The molecule has 0 aliphatic heterocycles. The molecule has 0 aromatic carbocycles. The highest BCUT2D eigenvalue weighted by molar-refractivity contribution is 5.81. The number of methoxy groups -OCH3 is 1. The fourth-order valence-corrected chi connectivity index (χ4v) is 0.833. The Hall–Kier alpha value is -0.610. The van der Waals surface area contributed by atoms with Crippen LogP contribution in [0.15, 0.2) is 0 Å². The monoisotopic (exact) mass is 202 g/mol. The van der Waals surface area contributed by atoms with Crippen molar-refractivity contribution in [2.45, 2.75) is 39.8 Å². The minimum absolute atomic E-state index is 0.0442. The number of hydrogen-bond acceptors (Lipinski definition) is 3. The largest absolute Gasteiger partial charge is 0.370 e. The molecular formula is C10H22N2O2. The first kappa shape index (κ1) is 13.4. The zero-order valence-corrected chi connectivity index (χ0v) is 9.76. The fourth-order valence-electron chi connectivity index (χ4n) is 0.833. The maximum absolute atomic E-state index is 11.5. The highest BCUT2D eigenvalue weighted by atomic mass is 16.5. The first-order chi connectivity index (χ1) is 6.32. The van der Waals surface area contributed by atoms with Gasteiger partial charge >= 0.3 is 0 Å². The Balaban J connectivity index is 4.18. The topological polar surface area (TPSA) is 64.3 Å². The summed E-state index contributed by atoms with van der Waals surface area (Å²) < 4.78 is 4.94. The molecule has 0 aromatic heterocycles. The van der Waals surface area contributed by atoms with E-state index in [1.807, 2.05) is 6.92 Å². The van der Waals surface area contributed by atoms with Crippen molar-refractivity contribution in [1.82, 2.24) is 5.32 Å². The second-order valence-corrected chi connectivity index (χ2v) is 4.56. The maximum Gasteiger partial charge on any atom is 0.250 e. The van der Waals surface area contributed by atoms with Gasteiger partial charge in [-0.25, -0.2) is 0 Å². The molecule has 0 saturated heterocycles. The van der Waals surface area contributed by atoms with Crippen molar-refractivity contribution >= 4 is 5.91 Å². The van der Waals surface area contributed by atoms with E-state index in [-0.39, 0.29) is 23.9 Å². The molecule has 84 valence electrons. The van der Waals surface area contributed by atoms with E-state index in [4.69, 9.17) is 10.5 Å². The van der Waals surface area contributed by atoms with E-state index >= 15 is 0 Å². The summed E-state index contributed by atoms with van der Waals surface area (Å²) >= 11 is 0. The molecule has 0 heterocycles. The van der Waals surface area contributed by atoms with E-state index in [0.717, 1.165) is 0 Å². The molecule has 14 heavy (non-hydrogen) atoms. The lowest BCUT2D eigenvalue weighted by Gasteiger charge is -2.29. The lowest BCUT2D eigenvalue weighted by Crippen LogP contribution is -2.48. The van der Waals surface area contributed by atoms with Crippen molar-refractivity contribution < 1.29 is 9.53 Å². The zero-order valence-electron chi connectivity index (χ0n) is 9.76. The van der Waals surface area contributed by atoms with E-state index in [2.05, 4.69) is 26.1 Å². The molecule has 0 aliphatic carbocycles. The molecular weight excluding hydrogens is 180 g/mol. The highest BCUT2D eigenvalue weighted by Gasteiger charge is 2.24. The van der Waals surface area contributed by atoms with Gasteiger partial charge in [-0.05, 0) is 12.3 Å². The Kier molecular flexibility index (Phi) is 5.08. The van der Waals surface area contributed by atoms with Crippen LogP contribution in [0.3, 0.4) is 0 Å². The number of carbonyl (C=O) groups excluding carboxylic acids is 1. The standard InChI is InChI=1S/C10H22N2O2/c1-7(10(2,3)4)12-9(13)8(6-11)14-5/h7-8H,6,11H2,1-5H3,(H,12,13). The second-order valence-electron chi connectivity index (χ2n) is 4.56. The third-order valence-electron chi connectivity index (χ3n) is 2.45. The summed E-state index contributed by atoms with van der Waals surface area (Å²) in [5, 5.41) is 2.88. The summed E-state index contributed by atoms with van der Waals surface area (Å²) in [6, 6.07) is 0.0965. The van der Waals surface area contributed by atoms with E-state index in [9.17, 15) is 4.79 Å². The van der Waals surface area contributed by atoms with Gasteiger partial charge < -0.3 is 15.8 Å². The van der Waals surface area contributed by atoms with Crippen LogP contribution in [0, 0.1) is 5.41 Å². The molecule has 2 atom stereocenters. The second kappa shape index (κ2) is 5.32. The molecule has 0 radical (unpaired) electrons. The van der Waals surface area contributed by atoms with Crippen LogP contribution in [0.2, 0.25) is 0 Å². The van der Waals surface area contributed by atoms with E-state index < -0.39 is 6.10 Å². The van der Waals surface area contributed by atoms with Gasteiger partial charge in [0.05, 0.1) is 0 Å². The Bertz CT molecular complexity index is 183. The number of ether oxygens (including phenoxy) is 1. The molecule has 0 spiro atoms. The van der Waals surface area contributed by atoms with Crippen LogP contribution in [0.5, 0.6) is 0 Å². The van der Waals surface area contributed by atoms with Crippen molar-refractivity contribution in [2.24, 2.45) is 11.1 Å². The fraction of sp³-hybridized carbons (Fsp3) is 0.900. The molecule has 0 fully saturated rings. The minimum atomic E-state index is -0.542. The van der Waals surface area contributed by atoms with Crippen LogP contribution in [-0.4, -0.2) is 31.7 Å². The van der Waals surface area contributed by atoms with Gasteiger partial charge in [0.15, 0.2) is 0 Å². The summed E-state index contributed by atoms with van der Waals surface area (Å²) in [6.07, 6.45) is -0.542. The predicted molar refractivity (Wildman–Crippen MR) is 56.9 cm³/mol. The van der Waals surface area contributed by atoms with Gasteiger partial charge in [0, 0.05) is 19.7 Å². The molecule has 3 N–H and O–H groups in total. The summed E-state index contributed by atoms with van der Waals surface area (Å²) in [7, 11) is 1.48. The molecule has 1 amide bonds. The van der Waals surface area contributed by atoms with Crippen molar-refractivity contribution in [1.29, 1.82) is 0 Å². The van der Waals surface area contributed by atoms with Crippen LogP contribution in [0.25, 0.3) is 0 Å². The van der Waals surface area contributed by atoms with Crippen LogP contribution < -0.4 is 11.1 Å². The molecule has 0 aromatic rings. The van der Waals surface area contributed by atoms with Crippen molar-refractivity contribution in [3.05, 3.63) is 0 Å². The summed E-state index contributed by atoms with van der Waals surface area (Å²) in [5.41, 5.74) is 5.43. The Morgan fingerprint density at radius 1 is 1.50 bits per heavy atom. The number of carbonyl (C=O) groups is 1. The van der Waals surface area contributed by atoms with Crippen LogP contribution in [0.4, 0.5) is 0 Å². The molecule has 0 aliphatic rings. The van der Waals surface area contributed by atoms with Crippen molar-refractivity contribution in [3.63, 3.8) is 0 Å². The lowest BCUT2D eigenvalue weighted by molar-refractivity contribution is -0.131. The van der Waals surface area contributed by atoms with E-state index in [0.29, 0.717) is 0 Å². The van der Waals surface area contributed by atoms with Gasteiger partial charge in [0.1, 0.15) is 6.10 Å². The van der Waals surface area contributed by atoms with Gasteiger partial charge in [-0.15, -0.1) is 0 Å². The van der Waals surface area contributed by atoms with E-state index in [1.54, 1.807) is 0 Å². The Morgan fingerprint density at radius 2 is 2.00 bits per heavy atom. The number of rotatable bonds is 4. The molecule has 2 unspecified atom stereocenters. The Labute approximate surface area is 86.2 Å². The quantitative estimate of drug-likeness (QED) is 0.698. The molecule has 0 saturated carbocycles. The average molecular weight is 202 g/mol. The predicted octanol–water partition coefficient (Wildman–Crippen LogP) is 0.511. The average Bonchev–Trinajstić information content (AvgIpc) is 2.04. The summed E-state index contributed by atoms with van der Waals surface area (Å²) in [6.45, 7) is 8.40. The van der Waals surface area contributed by atoms with Crippen LogP contribution >= 0.6 is 0 Å². The molecule has 0 rings (SSSR count). The third-order valence-corrected chi connectivity index (χ3v) is 2.45. The van der Waals surface area contributed by atoms with Gasteiger partial charge in [-0.2, -0.15) is 0 Å². The van der Waals surface area contributed by atoms with Crippen LogP contribution in [-0.2, 0) is 9.53 Å². The van der Waals surface area contributed by atoms with Crippen molar-refractivity contribution in [3.8, 4) is 0 Å². The Morgan fingerprint density at radius 3 is 2.29 bits per heavy atom. The third kappa shape index (κ3) is 4.07. The van der Waals surface area contributed by atoms with Gasteiger partial charge in [-0.3, -0.25) is 4.79 Å². The van der Waals surface area contributed by atoms with Crippen molar-refractivity contribution in [2.75, 3.05) is 13.7 Å². The minimum Gasteiger partial charge on any atom is -0.370 e. The molecule has 0 bridgehead atoms. The van der Waals surface area contributed by atoms with Gasteiger partial charge in [0.25, 0.3) is 5.91 Å². The zero-order chi connectivity index (χ0) is 11.4.